The van der Waals surface area contributed by atoms with Crippen molar-refractivity contribution in [3.63, 3.8) is 0 Å². The molecule has 8 heteroatoms. The summed E-state index contributed by atoms with van der Waals surface area (Å²) in [5, 5.41) is 2.04. The summed E-state index contributed by atoms with van der Waals surface area (Å²) in [7, 11) is 0. The summed E-state index contributed by atoms with van der Waals surface area (Å²) in [5.41, 5.74) is 0.761. The van der Waals surface area contributed by atoms with Crippen molar-refractivity contribution in [2.45, 2.75) is 0 Å². The molecule has 0 saturated heterocycles. The Morgan fingerprint density at radius 3 is 2.54 bits per heavy atom. The van der Waals surface area contributed by atoms with Crippen molar-refractivity contribution in [3.05, 3.63) is 71.2 Å². The Bertz CT molecular complexity index is 931. The van der Waals surface area contributed by atoms with E-state index < -0.39 is 24.4 Å². The number of hydrogen-bond donors (Lipinski definition) is 1. The van der Waals surface area contributed by atoms with Crippen molar-refractivity contribution in [1.29, 1.82) is 0 Å². The fraction of sp³-hybridized carbons (Fsp3) is 0.0556. The molecule has 0 unspecified atom stereocenters. The number of esters is 1. The fourth-order valence-corrected chi connectivity index (χ4v) is 2.96. The largest absolute Gasteiger partial charge is 0.459 e. The zero-order valence-corrected chi connectivity index (χ0v) is 14.0. The number of imide groups is 1. The lowest BCUT2D eigenvalue weighted by molar-refractivity contribution is -0.123. The predicted octanol–water partition coefficient (Wildman–Crippen LogP) is 3.26. The summed E-state index contributed by atoms with van der Waals surface area (Å²) in [4.78, 5) is 36.3. The SMILES string of the molecule is O=C(COC(=O)c1ccc(-c2ccc(F)cc2)s1)NC(=O)c1ccco1. The van der Waals surface area contributed by atoms with Crippen LogP contribution in [0.2, 0.25) is 0 Å². The molecule has 2 heterocycles. The van der Waals surface area contributed by atoms with Gasteiger partial charge >= 0.3 is 5.97 Å². The van der Waals surface area contributed by atoms with Crippen molar-refractivity contribution < 1.29 is 27.9 Å². The molecule has 0 fully saturated rings. The Hall–Kier alpha value is -3.26. The van der Waals surface area contributed by atoms with E-state index in [0.717, 1.165) is 21.8 Å². The van der Waals surface area contributed by atoms with Crippen LogP contribution in [0, 0.1) is 5.82 Å². The number of rotatable bonds is 5. The van der Waals surface area contributed by atoms with E-state index in [1.54, 1.807) is 24.3 Å². The number of halogens is 1. The molecule has 0 atom stereocenters. The number of furan rings is 1. The van der Waals surface area contributed by atoms with E-state index in [0.29, 0.717) is 0 Å². The monoisotopic (exact) mass is 373 g/mol. The highest BCUT2D eigenvalue weighted by Crippen LogP contribution is 2.28. The summed E-state index contributed by atoms with van der Waals surface area (Å²) in [6.45, 7) is -0.602. The van der Waals surface area contributed by atoms with E-state index in [2.05, 4.69) is 0 Å². The van der Waals surface area contributed by atoms with Gasteiger partial charge in [0.2, 0.25) is 0 Å². The smallest absolute Gasteiger partial charge is 0.348 e. The molecule has 0 aliphatic heterocycles. The number of benzene rings is 1. The molecule has 0 aliphatic carbocycles. The molecule has 1 aromatic carbocycles. The quantitative estimate of drug-likeness (QED) is 0.694. The number of carbonyl (C=O) groups is 3. The molecule has 0 bridgehead atoms. The Labute approximate surface area is 151 Å². The van der Waals surface area contributed by atoms with Crippen LogP contribution in [0.15, 0.2) is 59.2 Å². The molecule has 3 rings (SSSR count). The van der Waals surface area contributed by atoms with Gasteiger partial charge < -0.3 is 9.15 Å². The molecule has 0 radical (unpaired) electrons. The Morgan fingerprint density at radius 2 is 1.85 bits per heavy atom. The van der Waals surface area contributed by atoms with Gasteiger partial charge in [0.15, 0.2) is 12.4 Å². The second-order valence-corrected chi connectivity index (χ2v) is 6.19. The summed E-state index contributed by atoms with van der Waals surface area (Å²) < 4.78 is 22.7. The zero-order valence-electron chi connectivity index (χ0n) is 13.2. The number of carbonyl (C=O) groups excluding carboxylic acids is 3. The zero-order chi connectivity index (χ0) is 18.5. The minimum atomic E-state index is -0.768. The van der Waals surface area contributed by atoms with Gasteiger partial charge in [-0.15, -0.1) is 11.3 Å². The van der Waals surface area contributed by atoms with Crippen molar-refractivity contribution in [2.24, 2.45) is 0 Å². The number of hydrogen-bond acceptors (Lipinski definition) is 6. The standard InChI is InChI=1S/C18H12FNO5S/c19-12-5-3-11(4-6-12)14-7-8-15(26-14)18(23)25-10-16(21)20-17(22)13-2-1-9-24-13/h1-9H,10H2,(H,20,21,22). The van der Waals surface area contributed by atoms with Crippen molar-refractivity contribution in [1.82, 2.24) is 5.32 Å². The molecule has 2 aromatic heterocycles. The average molecular weight is 373 g/mol. The lowest BCUT2D eigenvalue weighted by Crippen LogP contribution is -2.33. The van der Waals surface area contributed by atoms with E-state index in [9.17, 15) is 18.8 Å². The van der Waals surface area contributed by atoms with Crippen LogP contribution in [-0.4, -0.2) is 24.4 Å². The summed E-state index contributed by atoms with van der Waals surface area (Å²) in [5.74, 6) is -2.54. The lowest BCUT2D eigenvalue weighted by atomic mass is 10.2. The molecule has 2 amide bonds. The van der Waals surface area contributed by atoms with Crippen LogP contribution >= 0.6 is 11.3 Å². The molecule has 1 N–H and O–H groups in total. The molecule has 6 nitrogen and oxygen atoms in total. The third-order valence-corrected chi connectivity index (χ3v) is 4.38. The predicted molar refractivity (Wildman–Crippen MR) is 91.2 cm³/mol. The first-order chi connectivity index (χ1) is 12.5. The molecule has 132 valence electrons. The van der Waals surface area contributed by atoms with Gasteiger partial charge in [-0.25, -0.2) is 9.18 Å². The number of nitrogens with one attached hydrogen (secondary N) is 1. The second-order valence-electron chi connectivity index (χ2n) is 5.10. The third kappa shape index (κ3) is 4.22. The second kappa shape index (κ2) is 7.75. The third-order valence-electron chi connectivity index (χ3n) is 3.27. The van der Waals surface area contributed by atoms with Crippen LogP contribution in [-0.2, 0) is 9.53 Å². The Kier molecular flexibility index (Phi) is 5.23. The van der Waals surface area contributed by atoms with E-state index in [1.165, 1.54) is 30.5 Å². The highest BCUT2D eigenvalue weighted by atomic mass is 32.1. The summed E-state index contributed by atoms with van der Waals surface area (Å²) in [6.07, 6.45) is 1.30. The molecule has 26 heavy (non-hydrogen) atoms. The minimum absolute atomic E-state index is 0.0214. The van der Waals surface area contributed by atoms with E-state index >= 15 is 0 Å². The molecular formula is C18H12FNO5S. The van der Waals surface area contributed by atoms with Crippen LogP contribution in [0.1, 0.15) is 20.2 Å². The van der Waals surface area contributed by atoms with Gasteiger partial charge in [-0.1, -0.05) is 12.1 Å². The van der Waals surface area contributed by atoms with Crippen LogP contribution in [0.5, 0.6) is 0 Å². The van der Waals surface area contributed by atoms with E-state index in [4.69, 9.17) is 9.15 Å². The van der Waals surface area contributed by atoms with Gasteiger partial charge in [0, 0.05) is 4.88 Å². The number of thiophene rings is 1. The van der Waals surface area contributed by atoms with Gasteiger partial charge in [0.1, 0.15) is 10.7 Å². The maximum Gasteiger partial charge on any atom is 0.348 e. The van der Waals surface area contributed by atoms with Crippen LogP contribution in [0.4, 0.5) is 4.39 Å². The highest BCUT2D eigenvalue weighted by molar-refractivity contribution is 7.17. The first kappa shape index (κ1) is 17.6. The minimum Gasteiger partial charge on any atom is -0.459 e. The van der Waals surface area contributed by atoms with Crippen LogP contribution in [0.25, 0.3) is 10.4 Å². The summed E-state index contributed by atoms with van der Waals surface area (Å²) in [6, 6.07) is 12.0. The van der Waals surface area contributed by atoms with Gasteiger partial charge in [-0.2, -0.15) is 0 Å². The van der Waals surface area contributed by atoms with Gasteiger partial charge in [0.25, 0.3) is 11.8 Å². The Morgan fingerprint density at radius 1 is 1.08 bits per heavy atom. The van der Waals surface area contributed by atoms with E-state index in [1.807, 2.05) is 5.32 Å². The number of amides is 2. The first-order valence-corrected chi connectivity index (χ1v) is 8.25. The van der Waals surface area contributed by atoms with E-state index in [-0.39, 0.29) is 16.5 Å². The molecule has 0 aliphatic rings. The average Bonchev–Trinajstić information content (AvgIpc) is 3.32. The maximum absolute atomic E-state index is 13.0. The molecule has 0 saturated carbocycles. The molecule has 0 spiro atoms. The topological polar surface area (TPSA) is 85.6 Å². The number of ether oxygens (including phenoxy) is 1. The van der Waals surface area contributed by atoms with Crippen molar-refractivity contribution >= 4 is 29.1 Å². The van der Waals surface area contributed by atoms with Crippen molar-refractivity contribution in [3.8, 4) is 10.4 Å². The molecular weight excluding hydrogens is 361 g/mol. The fourth-order valence-electron chi connectivity index (χ4n) is 2.05. The summed E-state index contributed by atoms with van der Waals surface area (Å²) >= 11 is 1.15. The van der Waals surface area contributed by atoms with Gasteiger partial charge in [0.05, 0.1) is 6.26 Å². The van der Waals surface area contributed by atoms with Crippen molar-refractivity contribution in [2.75, 3.05) is 6.61 Å². The highest BCUT2D eigenvalue weighted by Gasteiger charge is 2.16. The van der Waals surface area contributed by atoms with Crippen LogP contribution in [0.3, 0.4) is 0 Å². The first-order valence-electron chi connectivity index (χ1n) is 7.43. The Balaban J connectivity index is 1.54. The van der Waals surface area contributed by atoms with Crippen LogP contribution < -0.4 is 5.32 Å². The lowest BCUT2D eigenvalue weighted by Gasteiger charge is -2.03. The van der Waals surface area contributed by atoms with Gasteiger partial charge in [-0.05, 0) is 42.0 Å². The maximum atomic E-state index is 13.0. The van der Waals surface area contributed by atoms with Gasteiger partial charge in [-0.3, -0.25) is 14.9 Å². The molecule has 3 aromatic rings. The normalized spacial score (nSPS) is 10.3.